The summed E-state index contributed by atoms with van der Waals surface area (Å²) >= 11 is 2.86. The van der Waals surface area contributed by atoms with E-state index in [0.717, 1.165) is 10.4 Å². The van der Waals surface area contributed by atoms with E-state index in [1.54, 1.807) is 24.3 Å². The van der Waals surface area contributed by atoms with Gasteiger partial charge in [-0.05, 0) is 41.9 Å². The number of amides is 3. The van der Waals surface area contributed by atoms with Crippen LogP contribution < -0.4 is 4.90 Å². The highest BCUT2D eigenvalue weighted by atomic mass is 32.1. The molecule has 0 saturated carbocycles. The van der Waals surface area contributed by atoms with E-state index in [9.17, 15) is 14.4 Å². The van der Waals surface area contributed by atoms with Crippen LogP contribution in [0, 0.1) is 6.92 Å². The van der Waals surface area contributed by atoms with E-state index in [1.165, 1.54) is 32.5 Å². The first-order valence-electron chi connectivity index (χ1n) is 8.85. The Morgan fingerprint density at radius 2 is 1.79 bits per heavy atom. The highest BCUT2D eigenvalue weighted by Gasteiger charge is 2.44. The predicted octanol–water partition coefficient (Wildman–Crippen LogP) is 4.09. The van der Waals surface area contributed by atoms with Crippen LogP contribution in [-0.4, -0.2) is 28.7 Å². The van der Waals surface area contributed by atoms with Gasteiger partial charge in [0.15, 0.2) is 0 Å². The Labute approximate surface area is 170 Å². The van der Waals surface area contributed by atoms with Crippen molar-refractivity contribution in [1.29, 1.82) is 0 Å². The van der Waals surface area contributed by atoms with Gasteiger partial charge in [-0.2, -0.15) is 0 Å². The van der Waals surface area contributed by atoms with Gasteiger partial charge >= 0.3 is 0 Å². The molecule has 0 N–H and O–H groups in total. The number of thiophene rings is 2. The molecule has 142 valence electrons. The molecule has 0 bridgehead atoms. The number of aryl methyl sites for hydroxylation is 1. The largest absolute Gasteiger partial charge is 0.320 e. The zero-order valence-corrected chi connectivity index (χ0v) is 16.8. The minimum Gasteiger partial charge on any atom is -0.320 e. The first kappa shape index (κ1) is 18.6. The van der Waals surface area contributed by atoms with Crippen LogP contribution in [0.3, 0.4) is 0 Å². The van der Waals surface area contributed by atoms with Gasteiger partial charge in [-0.25, -0.2) is 4.90 Å². The maximum absolute atomic E-state index is 13.2. The highest BCUT2D eigenvalue weighted by molar-refractivity contribution is 7.12. The first-order chi connectivity index (χ1) is 13.5. The number of imide groups is 1. The number of rotatable bonds is 5. The molecule has 7 heteroatoms. The van der Waals surface area contributed by atoms with Crippen LogP contribution in [0.4, 0.5) is 5.69 Å². The Hall–Kier alpha value is -2.77. The number of hydrogen-bond donors (Lipinski definition) is 0. The van der Waals surface area contributed by atoms with Gasteiger partial charge < -0.3 is 4.90 Å². The molecule has 28 heavy (non-hydrogen) atoms. The molecule has 1 aliphatic rings. The van der Waals surface area contributed by atoms with Crippen molar-refractivity contribution in [3.63, 3.8) is 0 Å². The van der Waals surface area contributed by atoms with Gasteiger partial charge in [-0.1, -0.05) is 29.8 Å². The number of nitrogens with zero attached hydrogens (tertiary/aromatic N) is 2. The SMILES string of the molecule is Cc1ccc(N2C(=O)CC(N(Cc3cccs3)C(=O)c3cccs3)C2=O)cc1. The first-order valence-corrected chi connectivity index (χ1v) is 10.6. The molecular weight excluding hydrogens is 392 g/mol. The molecule has 1 aliphatic heterocycles. The Morgan fingerprint density at radius 3 is 2.43 bits per heavy atom. The Bertz CT molecular complexity index is 995. The van der Waals surface area contributed by atoms with Crippen LogP contribution in [0.15, 0.2) is 59.3 Å². The number of carbonyl (C=O) groups is 3. The Kier molecular flexibility index (Phi) is 5.11. The molecule has 1 atom stereocenters. The van der Waals surface area contributed by atoms with E-state index >= 15 is 0 Å². The lowest BCUT2D eigenvalue weighted by Crippen LogP contribution is -2.44. The zero-order valence-electron chi connectivity index (χ0n) is 15.2. The number of anilines is 1. The Balaban J connectivity index is 1.66. The molecule has 1 unspecified atom stereocenters. The van der Waals surface area contributed by atoms with Crippen LogP contribution in [0.5, 0.6) is 0 Å². The van der Waals surface area contributed by atoms with E-state index in [0.29, 0.717) is 17.1 Å². The van der Waals surface area contributed by atoms with Crippen molar-refractivity contribution in [2.24, 2.45) is 0 Å². The molecule has 4 rings (SSSR count). The van der Waals surface area contributed by atoms with Crippen LogP contribution in [0.1, 0.15) is 26.5 Å². The zero-order chi connectivity index (χ0) is 19.7. The molecule has 1 fully saturated rings. The van der Waals surface area contributed by atoms with Crippen LogP contribution in [-0.2, 0) is 16.1 Å². The maximum atomic E-state index is 13.2. The van der Waals surface area contributed by atoms with Crippen LogP contribution >= 0.6 is 22.7 Å². The molecular formula is C21H18N2O3S2. The number of benzene rings is 1. The minimum atomic E-state index is -0.800. The molecule has 1 aromatic carbocycles. The normalized spacial score (nSPS) is 16.6. The standard InChI is InChI=1S/C21H18N2O3S2/c1-14-6-8-15(9-7-14)23-19(24)12-17(20(23)25)22(13-16-4-2-10-27-16)21(26)18-5-3-11-28-18/h2-11,17H,12-13H2,1H3. The fourth-order valence-electron chi connectivity index (χ4n) is 3.26. The summed E-state index contributed by atoms with van der Waals surface area (Å²) < 4.78 is 0. The molecule has 0 spiro atoms. The van der Waals surface area contributed by atoms with E-state index in [1.807, 2.05) is 41.9 Å². The summed E-state index contributed by atoms with van der Waals surface area (Å²) in [5.74, 6) is -0.857. The molecule has 2 aromatic heterocycles. The number of carbonyl (C=O) groups excluding carboxylic acids is 3. The van der Waals surface area contributed by atoms with Crippen molar-refractivity contribution in [3.05, 3.63) is 74.6 Å². The molecule has 5 nitrogen and oxygen atoms in total. The lowest BCUT2D eigenvalue weighted by Gasteiger charge is -2.27. The van der Waals surface area contributed by atoms with Crippen molar-refractivity contribution in [2.45, 2.75) is 25.9 Å². The molecule has 0 aliphatic carbocycles. The molecule has 3 aromatic rings. The van der Waals surface area contributed by atoms with Crippen molar-refractivity contribution >= 4 is 46.1 Å². The minimum absolute atomic E-state index is 0.00476. The van der Waals surface area contributed by atoms with Crippen LogP contribution in [0.2, 0.25) is 0 Å². The summed E-state index contributed by atoms with van der Waals surface area (Å²) in [6.07, 6.45) is -0.00476. The van der Waals surface area contributed by atoms with Gasteiger partial charge in [-0.3, -0.25) is 14.4 Å². The van der Waals surface area contributed by atoms with Crippen molar-refractivity contribution < 1.29 is 14.4 Å². The summed E-state index contributed by atoms with van der Waals surface area (Å²) in [5.41, 5.74) is 1.59. The van der Waals surface area contributed by atoms with Gasteiger partial charge in [0.2, 0.25) is 5.91 Å². The lowest BCUT2D eigenvalue weighted by atomic mass is 10.2. The summed E-state index contributed by atoms with van der Waals surface area (Å²) in [4.78, 5) is 43.2. The molecule has 1 saturated heterocycles. The highest BCUT2D eigenvalue weighted by Crippen LogP contribution is 2.29. The van der Waals surface area contributed by atoms with Gasteiger partial charge in [0.1, 0.15) is 6.04 Å². The smallest absolute Gasteiger partial charge is 0.264 e. The second-order valence-corrected chi connectivity index (χ2v) is 8.59. The summed E-state index contributed by atoms with van der Waals surface area (Å²) in [5, 5.41) is 3.76. The van der Waals surface area contributed by atoms with Crippen molar-refractivity contribution in [2.75, 3.05) is 4.90 Å². The average Bonchev–Trinajstić information content (AvgIpc) is 3.43. The summed E-state index contributed by atoms with van der Waals surface area (Å²) in [6.45, 7) is 2.25. The average molecular weight is 411 g/mol. The quantitative estimate of drug-likeness (QED) is 0.595. The van der Waals surface area contributed by atoms with Crippen molar-refractivity contribution in [1.82, 2.24) is 4.90 Å². The van der Waals surface area contributed by atoms with Gasteiger partial charge in [-0.15, -0.1) is 22.7 Å². The van der Waals surface area contributed by atoms with Crippen LogP contribution in [0.25, 0.3) is 0 Å². The topological polar surface area (TPSA) is 57.7 Å². The van der Waals surface area contributed by atoms with E-state index < -0.39 is 6.04 Å². The van der Waals surface area contributed by atoms with Crippen molar-refractivity contribution in [3.8, 4) is 0 Å². The summed E-state index contributed by atoms with van der Waals surface area (Å²) in [7, 11) is 0. The third kappa shape index (κ3) is 3.50. The molecule has 3 heterocycles. The summed E-state index contributed by atoms with van der Waals surface area (Å²) in [6, 6.07) is 13.8. The monoisotopic (exact) mass is 410 g/mol. The lowest BCUT2D eigenvalue weighted by molar-refractivity contribution is -0.122. The van der Waals surface area contributed by atoms with E-state index in [2.05, 4.69) is 0 Å². The third-order valence-corrected chi connectivity index (χ3v) is 6.41. The van der Waals surface area contributed by atoms with Gasteiger partial charge in [0, 0.05) is 4.88 Å². The fraction of sp³-hybridized carbons (Fsp3) is 0.190. The predicted molar refractivity (Wildman–Crippen MR) is 111 cm³/mol. The fourth-order valence-corrected chi connectivity index (χ4v) is 4.64. The second kappa shape index (κ2) is 7.69. The second-order valence-electron chi connectivity index (χ2n) is 6.61. The maximum Gasteiger partial charge on any atom is 0.264 e. The molecule has 0 radical (unpaired) electrons. The van der Waals surface area contributed by atoms with E-state index in [4.69, 9.17) is 0 Å². The van der Waals surface area contributed by atoms with Gasteiger partial charge in [0.05, 0.1) is 23.5 Å². The third-order valence-electron chi connectivity index (χ3n) is 4.69. The van der Waals surface area contributed by atoms with Gasteiger partial charge in [0.25, 0.3) is 11.8 Å². The Morgan fingerprint density at radius 1 is 1.07 bits per heavy atom. The van der Waals surface area contributed by atoms with E-state index in [-0.39, 0.29) is 24.1 Å². The number of hydrogen-bond acceptors (Lipinski definition) is 5. The molecule has 3 amide bonds.